The fraction of sp³-hybridized carbons (Fsp3) is 0.100. The molecule has 1 N–H and O–H groups in total. The predicted molar refractivity (Wildman–Crippen MR) is 45.2 cm³/mol. The van der Waals surface area contributed by atoms with E-state index in [2.05, 4.69) is 11.8 Å². The van der Waals surface area contributed by atoms with Crippen LogP contribution in [0.3, 0.4) is 0 Å². The Kier molecular flexibility index (Phi) is 3.06. The zero-order valence-corrected chi connectivity index (χ0v) is 6.37. The second kappa shape index (κ2) is 4.32. The number of rotatable bonds is 1. The van der Waals surface area contributed by atoms with Crippen molar-refractivity contribution in [1.82, 2.24) is 0 Å². The molecule has 1 radical (unpaired) electrons. The van der Waals surface area contributed by atoms with Gasteiger partial charge in [-0.2, -0.15) is 0 Å². The summed E-state index contributed by atoms with van der Waals surface area (Å²) >= 11 is 0. The molecule has 2 heteroatoms. The summed E-state index contributed by atoms with van der Waals surface area (Å²) in [5.41, 5.74) is 1.18. The van der Waals surface area contributed by atoms with Crippen LogP contribution in [-0.4, -0.2) is 18.0 Å². The van der Waals surface area contributed by atoms with Crippen LogP contribution in [0.2, 0.25) is 0 Å². The molecule has 0 aliphatic rings. The maximum atomic E-state index is 10.2. The van der Waals surface area contributed by atoms with Crippen molar-refractivity contribution in [3.8, 4) is 11.8 Å². The summed E-state index contributed by atoms with van der Waals surface area (Å²) in [7, 11) is 0. The van der Waals surface area contributed by atoms with Crippen LogP contribution in [0.15, 0.2) is 24.3 Å². The molecular formula is C10H7O2. The van der Waals surface area contributed by atoms with Crippen molar-refractivity contribution in [3.63, 3.8) is 0 Å². The monoisotopic (exact) mass is 159 g/mol. The Morgan fingerprint density at radius 2 is 2.08 bits per heavy atom. The van der Waals surface area contributed by atoms with Crippen LogP contribution in [0.1, 0.15) is 11.1 Å². The largest absolute Gasteiger partial charge is 0.384 e. The number of aliphatic hydroxyl groups is 1. The minimum absolute atomic E-state index is 0.172. The van der Waals surface area contributed by atoms with E-state index in [1.807, 2.05) is 0 Å². The second-order valence-electron chi connectivity index (χ2n) is 2.14. The van der Waals surface area contributed by atoms with Crippen LogP contribution < -0.4 is 0 Å². The zero-order chi connectivity index (χ0) is 8.81. The Labute approximate surface area is 70.8 Å². The van der Waals surface area contributed by atoms with Crippen LogP contribution in [0.4, 0.5) is 0 Å². The van der Waals surface area contributed by atoms with E-state index in [1.54, 1.807) is 30.6 Å². The fourth-order valence-corrected chi connectivity index (χ4v) is 0.802. The second-order valence-corrected chi connectivity index (χ2v) is 2.14. The summed E-state index contributed by atoms with van der Waals surface area (Å²) in [4.78, 5) is 10.2. The number of hydrogen-bond donors (Lipinski definition) is 1. The van der Waals surface area contributed by atoms with Crippen molar-refractivity contribution < 1.29 is 9.90 Å². The normalized spacial score (nSPS) is 8.42. The van der Waals surface area contributed by atoms with Gasteiger partial charge in [0.1, 0.15) is 6.61 Å². The lowest BCUT2D eigenvalue weighted by Gasteiger charge is -1.89. The van der Waals surface area contributed by atoms with Crippen LogP contribution in [0, 0.1) is 11.8 Å². The minimum Gasteiger partial charge on any atom is -0.384 e. The highest BCUT2D eigenvalue weighted by Crippen LogP contribution is 2.00. The number of aliphatic hydroxyl groups excluding tert-OH is 1. The van der Waals surface area contributed by atoms with Gasteiger partial charge in [0.15, 0.2) is 0 Å². The summed E-state index contributed by atoms with van der Waals surface area (Å²) in [5, 5.41) is 8.40. The van der Waals surface area contributed by atoms with Crippen molar-refractivity contribution in [3.05, 3.63) is 35.4 Å². The lowest BCUT2D eigenvalue weighted by atomic mass is 10.1. The highest BCUT2D eigenvalue weighted by molar-refractivity contribution is 5.75. The summed E-state index contributed by atoms with van der Waals surface area (Å²) in [6.45, 7) is -0.172. The highest BCUT2D eigenvalue weighted by atomic mass is 16.2. The summed E-state index contributed by atoms with van der Waals surface area (Å²) in [5.74, 6) is 5.18. The maximum absolute atomic E-state index is 10.2. The van der Waals surface area contributed by atoms with Crippen molar-refractivity contribution >= 4 is 6.29 Å². The maximum Gasteiger partial charge on any atom is 0.233 e. The Morgan fingerprint density at radius 1 is 1.33 bits per heavy atom. The van der Waals surface area contributed by atoms with Crippen molar-refractivity contribution in [2.75, 3.05) is 6.61 Å². The Bertz CT molecular complexity index is 331. The SMILES string of the molecule is O=[C]c1cccc(C#CCO)c1. The first-order chi connectivity index (χ1) is 5.86. The molecule has 1 rings (SSSR count). The van der Waals surface area contributed by atoms with Gasteiger partial charge in [-0.3, -0.25) is 4.79 Å². The van der Waals surface area contributed by atoms with E-state index in [1.165, 1.54) is 0 Å². The third kappa shape index (κ3) is 2.22. The lowest BCUT2D eigenvalue weighted by Crippen LogP contribution is -1.82. The molecule has 59 valence electrons. The molecule has 0 saturated heterocycles. The molecule has 12 heavy (non-hydrogen) atoms. The Morgan fingerprint density at radius 3 is 2.75 bits per heavy atom. The van der Waals surface area contributed by atoms with E-state index in [-0.39, 0.29) is 6.61 Å². The van der Waals surface area contributed by atoms with E-state index in [9.17, 15) is 4.79 Å². The lowest BCUT2D eigenvalue weighted by molar-refractivity contribution is 0.350. The first-order valence-electron chi connectivity index (χ1n) is 3.45. The number of hydrogen-bond acceptors (Lipinski definition) is 2. The van der Waals surface area contributed by atoms with Crippen LogP contribution >= 0.6 is 0 Å². The van der Waals surface area contributed by atoms with Gasteiger partial charge in [-0.15, -0.1) is 0 Å². The molecule has 0 saturated carbocycles. The molecule has 0 unspecified atom stereocenters. The van der Waals surface area contributed by atoms with Gasteiger partial charge in [0.05, 0.1) is 0 Å². The molecule has 0 spiro atoms. The fourth-order valence-electron chi connectivity index (χ4n) is 0.802. The van der Waals surface area contributed by atoms with Gasteiger partial charge in [0.2, 0.25) is 6.29 Å². The van der Waals surface area contributed by atoms with Crippen molar-refractivity contribution in [1.29, 1.82) is 0 Å². The zero-order valence-electron chi connectivity index (χ0n) is 6.37. The quantitative estimate of drug-likeness (QED) is 0.605. The minimum atomic E-state index is -0.172. The van der Waals surface area contributed by atoms with Gasteiger partial charge in [0, 0.05) is 11.1 Å². The molecule has 0 bridgehead atoms. The predicted octanol–water partition coefficient (Wildman–Crippen LogP) is 0.488. The Hall–Kier alpha value is -1.59. The van der Waals surface area contributed by atoms with Crippen LogP contribution in [0.25, 0.3) is 0 Å². The molecule has 0 aliphatic heterocycles. The van der Waals surface area contributed by atoms with Gasteiger partial charge in [-0.05, 0) is 12.1 Å². The molecule has 0 aromatic heterocycles. The summed E-state index contributed by atoms with van der Waals surface area (Å²) in [6.07, 6.45) is 1.76. The van der Waals surface area contributed by atoms with E-state index in [4.69, 9.17) is 5.11 Å². The molecule has 0 heterocycles. The third-order valence-corrected chi connectivity index (χ3v) is 1.29. The summed E-state index contributed by atoms with van der Waals surface area (Å²) < 4.78 is 0. The molecular weight excluding hydrogens is 152 g/mol. The molecule has 1 aromatic rings. The highest BCUT2D eigenvalue weighted by Gasteiger charge is 1.90. The number of benzene rings is 1. The van der Waals surface area contributed by atoms with Gasteiger partial charge in [0.25, 0.3) is 0 Å². The van der Waals surface area contributed by atoms with Crippen LogP contribution in [0.5, 0.6) is 0 Å². The van der Waals surface area contributed by atoms with E-state index in [0.717, 1.165) is 0 Å². The molecule has 0 atom stereocenters. The summed E-state index contributed by atoms with van der Waals surface area (Å²) in [6, 6.07) is 6.76. The van der Waals surface area contributed by atoms with Gasteiger partial charge >= 0.3 is 0 Å². The van der Waals surface area contributed by atoms with E-state index < -0.39 is 0 Å². The Balaban J connectivity index is 2.93. The molecule has 1 aromatic carbocycles. The van der Waals surface area contributed by atoms with Crippen molar-refractivity contribution in [2.45, 2.75) is 0 Å². The molecule has 0 fully saturated rings. The first-order valence-corrected chi connectivity index (χ1v) is 3.45. The van der Waals surface area contributed by atoms with Gasteiger partial charge < -0.3 is 5.11 Å². The van der Waals surface area contributed by atoms with E-state index in [0.29, 0.717) is 11.1 Å². The van der Waals surface area contributed by atoms with E-state index >= 15 is 0 Å². The molecule has 2 nitrogen and oxygen atoms in total. The van der Waals surface area contributed by atoms with Crippen LogP contribution in [-0.2, 0) is 4.79 Å². The first kappa shape index (κ1) is 8.51. The number of carbonyl (C=O) groups excluding carboxylic acids is 1. The third-order valence-electron chi connectivity index (χ3n) is 1.29. The average Bonchev–Trinajstić information content (AvgIpc) is 2.15. The molecule has 0 aliphatic carbocycles. The molecule has 0 amide bonds. The topological polar surface area (TPSA) is 37.3 Å². The average molecular weight is 159 g/mol. The van der Waals surface area contributed by atoms with Gasteiger partial charge in [-0.25, -0.2) is 0 Å². The smallest absolute Gasteiger partial charge is 0.233 e. The van der Waals surface area contributed by atoms with Crippen molar-refractivity contribution in [2.24, 2.45) is 0 Å². The standard InChI is InChI=1S/C10H7O2/c11-6-2-5-9-3-1-4-10(7-9)8-12/h1,3-4,7,11H,6H2. The van der Waals surface area contributed by atoms with Gasteiger partial charge in [-0.1, -0.05) is 24.0 Å².